The monoisotopic (exact) mass is 320 g/mol. The minimum absolute atomic E-state index is 0.0675. The van der Waals surface area contributed by atoms with Crippen molar-refractivity contribution >= 4 is 27.3 Å². The molecule has 1 aromatic rings. The van der Waals surface area contributed by atoms with E-state index in [1.54, 1.807) is 25.4 Å². The molecule has 1 rings (SSSR count). The van der Waals surface area contributed by atoms with E-state index >= 15 is 0 Å². The predicted octanol–water partition coefficient (Wildman–Crippen LogP) is 0.646. The molecule has 1 aromatic heterocycles. The number of carbonyl (C=O) groups excluding carboxylic acids is 1. The number of hydrogen-bond acceptors (Lipinski definition) is 5. The van der Waals surface area contributed by atoms with E-state index in [1.165, 1.54) is 11.0 Å². The lowest BCUT2D eigenvalue weighted by Crippen LogP contribution is -2.33. The molecule has 114 valence electrons. The van der Waals surface area contributed by atoms with Crippen LogP contribution in [-0.4, -0.2) is 50.6 Å². The third-order valence-corrected chi connectivity index (χ3v) is 5.56. The van der Waals surface area contributed by atoms with Crippen LogP contribution in [0, 0.1) is 0 Å². The second-order valence-electron chi connectivity index (χ2n) is 4.53. The summed E-state index contributed by atoms with van der Waals surface area (Å²) in [5.41, 5.74) is 0. The Balaban J connectivity index is 2.35. The highest BCUT2D eigenvalue weighted by Crippen LogP contribution is 2.15. The van der Waals surface area contributed by atoms with E-state index in [0.717, 1.165) is 11.3 Å². The van der Waals surface area contributed by atoms with Crippen LogP contribution in [0.4, 0.5) is 0 Å². The fraction of sp³-hybridized carbons (Fsp3) is 0.583. The molecule has 0 aromatic carbocycles. The minimum Gasteiger partial charge on any atom is -0.393 e. The van der Waals surface area contributed by atoms with Gasteiger partial charge in [0.05, 0.1) is 6.10 Å². The van der Waals surface area contributed by atoms with Crippen LogP contribution in [0.25, 0.3) is 0 Å². The van der Waals surface area contributed by atoms with Crippen LogP contribution in [0.1, 0.15) is 19.8 Å². The Bertz CT molecular complexity index is 512. The van der Waals surface area contributed by atoms with E-state index in [0.29, 0.717) is 13.0 Å². The predicted molar refractivity (Wildman–Crippen MR) is 78.1 cm³/mol. The second-order valence-corrected chi connectivity index (χ2v) is 7.47. The van der Waals surface area contributed by atoms with Crippen molar-refractivity contribution in [3.8, 4) is 0 Å². The molecule has 6 nitrogen and oxygen atoms in total. The zero-order chi connectivity index (χ0) is 15.2. The lowest BCUT2D eigenvalue weighted by atomic mass is 10.2. The van der Waals surface area contributed by atoms with Crippen molar-refractivity contribution in [2.75, 3.05) is 20.1 Å². The number of sulfonamides is 1. The van der Waals surface area contributed by atoms with Crippen molar-refractivity contribution in [3.05, 3.63) is 17.5 Å². The van der Waals surface area contributed by atoms with Gasteiger partial charge in [0.2, 0.25) is 15.9 Å². The smallest absolute Gasteiger partial charge is 0.250 e. The van der Waals surface area contributed by atoms with Crippen molar-refractivity contribution in [3.63, 3.8) is 0 Å². The van der Waals surface area contributed by atoms with E-state index in [9.17, 15) is 13.2 Å². The number of thiophene rings is 1. The molecule has 1 amide bonds. The quantitative estimate of drug-likeness (QED) is 0.736. The Morgan fingerprint density at radius 2 is 2.25 bits per heavy atom. The van der Waals surface area contributed by atoms with Gasteiger partial charge in [-0.05, 0) is 24.8 Å². The van der Waals surface area contributed by atoms with Gasteiger partial charge in [-0.2, -0.15) is 0 Å². The zero-order valence-corrected chi connectivity index (χ0v) is 13.2. The van der Waals surface area contributed by atoms with Gasteiger partial charge >= 0.3 is 0 Å². The molecule has 1 unspecified atom stereocenters. The summed E-state index contributed by atoms with van der Waals surface area (Å²) in [5.74, 6) is -0.153. The van der Waals surface area contributed by atoms with Crippen molar-refractivity contribution < 1.29 is 18.3 Å². The van der Waals surface area contributed by atoms with Crippen LogP contribution in [-0.2, 0) is 14.8 Å². The normalized spacial score (nSPS) is 13.2. The molecule has 0 fully saturated rings. The number of nitrogens with one attached hydrogen (secondary N) is 1. The highest BCUT2D eigenvalue weighted by Gasteiger charge is 2.16. The highest BCUT2D eigenvalue weighted by atomic mass is 32.2. The Morgan fingerprint density at radius 3 is 2.80 bits per heavy atom. The van der Waals surface area contributed by atoms with Gasteiger partial charge in [0.15, 0.2) is 0 Å². The molecule has 0 saturated heterocycles. The van der Waals surface area contributed by atoms with E-state index in [4.69, 9.17) is 5.11 Å². The number of aliphatic hydroxyl groups excluding tert-OH is 1. The van der Waals surface area contributed by atoms with Gasteiger partial charge in [-0.15, -0.1) is 11.3 Å². The maximum Gasteiger partial charge on any atom is 0.250 e. The Morgan fingerprint density at radius 1 is 1.55 bits per heavy atom. The fourth-order valence-electron chi connectivity index (χ4n) is 1.48. The van der Waals surface area contributed by atoms with Gasteiger partial charge in [-0.1, -0.05) is 6.07 Å². The average molecular weight is 320 g/mol. The van der Waals surface area contributed by atoms with Crippen LogP contribution >= 0.6 is 11.3 Å². The lowest BCUT2D eigenvalue weighted by Gasteiger charge is -2.18. The van der Waals surface area contributed by atoms with E-state index in [2.05, 4.69) is 4.72 Å². The molecule has 1 atom stereocenters. The SMILES string of the molecule is CC(O)CCN(C)C(=O)CCNS(=O)(=O)c1cccs1. The topological polar surface area (TPSA) is 86.7 Å². The van der Waals surface area contributed by atoms with Crippen LogP contribution in [0.15, 0.2) is 21.7 Å². The lowest BCUT2D eigenvalue weighted by molar-refractivity contribution is -0.129. The molecule has 0 bridgehead atoms. The summed E-state index contributed by atoms with van der Waals surface area (Å²) in [7, 11) is -1.87. The first-order valence-electron chi connectivity index (χ1n) is 6.28. The van der Waals surface area contributed by atoms with Crippen molar-refractivity contribution in [1.82, 2.24) is 9.62 Å². The first-order valence-corrected chi connectivity index (χ1v) is 8.64. The third-order valence-electron chi connectivity index (χ3n) is 2.70. The van der Waals surface area contributed by atoms with Crippen LogP contribution in [0.2, 0.25) is 0 Å². The van der Waals surface area contributed by atoms with Crippen molar-refractivity contribution in [1.29, 1.82) is 0 Å². The van der Waals surface area contributed by atoms with Crippen LogP contribution < -0.4 is 4.72 Å². The van der Waals surface area contributed by atoms with E-state index in [-0.39, 0.29) is 23.1 Å². The Kier molecular flexibility index (Phi) is 6.60. The number of aliphatic hydroxyl groups is 1. The Labute approximate surface area is 123 Å². The van der Waals surface area contributed by atoms with E-state index < -0.39 is 16.1 Å². The molecule has 0 aliphatic carbocycles. The molecule has 0 saturated carbocycles. The van der Waals surface area contributed by atoms with Gasteiger partial charge in [-0.3, -0.25) is 4.79 Å². The molecular formula is C12H20N2O4S2. The third kappa shape index (κ3) is 5.58. The summed E-state index contributed by atoms with van der Waals surface area (Å²) >= 11 is 1.13. The molecule has 0 aliphatic heterocycles. The maximum absolute atomic E-state index is 11.8. The minimum atomic E-state index is -3.51. The summed E-state index contributed by atoms with van der Waals surface area (Å²) in [6, 6.07) is 3.18. The molecule has 0 spiro atoms. The molecular weight excluding hydrogens is 300 g/mol. The summed E-state index contributed by atoms with van der Waals surface area (Å²) in [4.78, 5) is 13.2. The van der Waals surface area contributed by atoms with Gasteiger partial charge < -0.3 is 10.0 Å². The van der Waals surface area contributed by atoms with E-state index in [1.807, 2.05) is 0 Å². The molecule has 2 N–H and O–H groups in total. The highest BCUT2D eigenvalue weighted by molar-refractivity contribution is 7.91. The fourth-order valence-corrected chi connectivity index (χ4v) is 3.55. The Hall–Kier alpha value is -0.960. The first kappa shape index (κ1) is 17.1. The maximum atomic E-state index is 11.8. The second kappa shape index (κ2) is 7.72. The summed E-state index contributed by atoms with van der Waals surface area (Å²) in [5, 5.41) is 10.8. The number of hydrogen-bond donors (Lipinski definition) is 2. The van der Waals surface area contributed by atoms with Crippen molar-refractivity contribution in [2.45, 2.75) is 30.1 Å². The molecule has 8 heteroatoms. The summed E-state index contributed by atoms with van der Waals surface area (Å²) in [6.45, 7) is 2.18. The standard InChI is InChI=1S/C12H20N2O4S2/c1-10(15)6-8-14(2)11(16)5-7-13-20(17,18)12-4-3-9-19-12/h3-4,9-10,13,15H,5-8H2,1-2H3. The number of carbonyl (C=O) groups is 1. The van der Waals surface area contributed by atoms with Gasteiger partial charge in [0, 0.05) is 26.6 Å². The molecule has 1 heterocycles. The summed E-state index contributed by atoms with van der Waals surface area (Å²) < 4.78 is 26.2. The largest absolute Gasteiger partial charge is 0.393 e. The van der Waals surface area contributed by atoms with Gasteiger partial charge in [0.1, 0.15) is 4.21 Å². The number of nitrogens with zero attached hydrogens (tertiary/aromatic N) is 1. The van der Waals surface area contributed by atoms with Gasteiger partial charge in [-0.25, -0.2) is 13.1 Å². The van der Waals surface area contributed by atoms with Crippen molar-refractivity contribution in [2.24, 2.45) is 0 Å². The molecule has 20 heavy (non-hydrogen) atoms. The zero-order valence-electron chi connectivity index (χ0n) is 11.6. The van der Waals surface area contributed by atoms with Crippen LogP contribution in [0.5, 0.6) is 0 Å². The number of amides is 1. The number of rotatable bonds is 8. The molecule has 0 radical (unpaired) electrons. The molecule has 0 aliphatic rings. The van der Waals surface area contributed by atoms with Gasteiger partial charge in [0.25, 0.3) is 0 Å². The first-order chi connectivity index (χ1) is 9.33. The summed E-state index contributed by atoms with van der Waals surface area (Å²) in [6.07, 6.45) is 0.145. The average Bonchev–Trinajstić information content (AvgIpc) is 2.90. The van der Waals surface area contributed by atoms with Crippen LogP contribution in [0.3, 0.4) is 0 Å².